The molecule has 1 aromatic heterocycles. The SMILES string of the molecule is Cc1nc(CCNC(=O)N2CC[C@@H](Cc3ccccc3)C2)cs1. The quantitative estimate of drug-likeness (QED) is 0.915. The number of hydrogen-bond acceptors (Lipinski definition) is 3. The van der Waals surface area contributed by atoms with Crippen molar-refractivity contribution >= 4 is 17.4 Å². The molecule has 122 valence electrons. The first-order chi connectivity index (χ1) is 11.2. The van der Waals surface area contributed by atoms with E-state index in [1.54, 1.807) is 11.3 Å². The van der Waals surface area contributed by atoms with E-state index in [1.807, 2.05) is 17.9 Å². The fraction of sp³-hybridized carbons (Fsp3) is 0.444. The summed E-state index contributed by atoms with van der Waals surface area (Å²) in [6.45, 7) is 4.38. The number of aromatic nitrogens is 1. The molecule has 0 aliphatic carbocycles. The van der Waals surface area contributed by atoms with Crippen LogP contribution in [0.25, 0.3) is 0 Å². The van der Waals surface area contributed by atoms with Crippen LogP contribution in [0.4, 0.5) is 4.79 Å². The van der Waals surface area contributed by atoms with Gasteiger partial charge < -0.3 is 10.2 Å². The third-order valence-corrected chi connectivity index (χ3v) is 5.09. The normalized spacial score (nSPS) is 17.4. The van der Waals surface area contributed by atoms with Crippen LogP contribution in [0.1, 0.15) is 22.7 Å². The number of likely N-dealkylation sites (tertiary alicyclic amines) is 1. The molecule has 0 unspecified atom stereocenters. The van der Waals surface area contributed by atoms with Crippen LogP contribution >= 0.6 is 11.3 Å². The Hall–Kier alpha value is -1.88. The van der Waals surface area contributed by atoms with Gasteiger partial charge in [-0.3, -0.25) is 0 Å². The Morgan fingerprint density at radius 1 is 1.39 bits per heavy atom. The highest BCUT2D eigenvalue weighted by molar-refractivity contribution is 7.09. The lowest BCUT2D eigenvalue weighted by Crippen LogP contribution is -2.39. The highest BCUT2D eigenvalue weighted by Gasteiger charge is 2.26. The number of hydrogen-bond donors (Lipinski definition) is 1. The third-order valence-electron chi connectivity index (χ3n) is 4.26. The molecule has 4 nitrogen and oxygen atoms in total. The van der Waals surface area contributed by atoms with E-state index in [-0.39, 0.29) is 6.03 Å². The third kappa shape index (κ3) is 4.55. The Labute approximate surface area is 141 Å². The number of carbonyl (C=O) groups is 1. The smallest absolute Gasteiger partial charge is 0.317 e. The molecule has 0 saturated carbocycles. The van der Waals surface area contributed by atoms with Crippen LogP contribution in [0.3, 0.4) is 0 Å². The van der Waals surface area contributed by atoms with Gasteiger partial charge in [0.25, 0.3) is 0 Å². The van der Waals surface area contributed by atoms with E-state index in [1.165, 1.54) is 5.56 Å². The van der Waals surface area contributed by atoms with Gasteiger partial charge in [-0.25, -0.2) is 9.78 Å². The van der Waals surface area contributed by atoms with Gasteiger partial charge in [0.2, 0.25) is 0 Å². The predicted molar refractivity (Wildman–Crippen MR) is 93.8 cm³/mol. The summed E-state index contributed by atoms with van der Waals surface area (Å²) in [7, 11) is 0. The van der Waals surface area contributed by atoms with Crippen molar-refractivity contribution in [1.82, 2.24) is 15.2 Å². The number of urea groups is 1. The molecule has 0 radical (unpaired) electrons. The second-order valence-electron chi connectivity index (χ2n) is 6.13. The van der Waals surface area contributed by atoms with E-state index < -0.39 is 0 Å². The molecule has 2 heterocycles. The van der Waals surface area contributed by atoms with Crippen LogP contribution in [0.2, 0.25) is 0 Å². The zero-order valence-electron chi connectivity index (χ0n) is 13.5. The monoisotopic (exact) mass is 329 g/mol. The predicted octanol–water partition coefficient (Wildman–Crippen LogP) is 3.27. The molecule has 0 spiro atoms. The molecule has 1 N–H and O–H groups in total. The molecule has 1 aliphatic rings. The van der Waals surface area contributed by atoms with E-state index in [0.29, 0.717) is 12.5 Å². The Balaban J connectivity index is 1.40. The lowest BCUT2D eigenvalue weighted by atomic mass is 9.99. The first-order valence-electron chi connectivity index (χ1n) is 8.18. The summed E-state index contributed by atoms with van der Waals surface area (Å²) >= 11 is 1.66. The maximum atomic E-state index is 12.2. The van der Waals surface area contributed by atoms with Gasteiger partial charge in [0.15, 0.2) is 0 Å². The molecule has 1 fully saturated rings. The molecule has 2 aromatic rings. The standard InChI is InChI=1S/C18H23N3OS/c1-14-20-17(13-23-14)7-9-19-18(22)21-10-8-16(12-21)11-15-5-3-2-4-6-15/h2-6,13,16H,7-12H2,1H3,(H,19,22)/t16-/m0/s1. The lowest BCUT2D eigenvalue weighted by molar-refractivity contribution is 0.207. The van der Waals surface area contributed by atoms with Crippen LogP contribution in [0.5, 0.6) is 0 Å². The van der Waals surface area contributed by atoms with Gasteiger partial charge in [0.05, 0.1) is 10.7 Å². The fourth-order valence-corrected chi connectivity index (χ4v) is 3.71. The Bertz CT molecular complexity index is 641. The zero-order chi connectivity index (χ0) is 16.1. The molecule has 2 amide bonds. The highest BCUT2D eigenvalue weighted by atomic mass is 32.1. The van der Waals surface area contributed by atoms with E-state index in [0.717, 1.165) is 43.1 Å². The van der Waals surface area contributed by atoms with Crippen LogP contribution in [-0.4, -0.2) is 35.5 Å². The molecule has 23 heavy (non-hydrogen) atoms. The number of rotatable bonds is 5. The van der Waals surface area contributed by atoms with Crippen molar-refractivity contribution in [2.75, 3.05) is 19.6 Å². The largest absolute Gasteiger partial charge is 0.338 e. The molecule has 1 aromatic carbocycles. The summed E-state index contributed by atoms with van der Waals surface area (Å²) in [5.74, 6) is 0.573. The van der Waals surface area contributed by atoms with Crippen LogP contribution in [-0.2, 0) is 12.8 Å². The van der Waals surface area contributed by atoms with Gasteiger partial charge in [0, 0.05) is 31.4 Å². The molecular formula is C18H23N3OS. The van der Waals surface area contributed by atoms with E-state index in [2.05, 4.69) is 39.9 Å². The number of carbonyl (C=O) groups excluding carboxylic acids is 1. The topological polar surface area (TPSA) is 45.2 Å². The Morgan fingerprint density at radius 3 is 2.96 bits per heavy atom. The number of aryl methyl sites for hydroxylation is 1. The van der Waals surface area contributed by atoms with Gasteiger partial charge in [0.1, 0.15) is 0 Å². The van der Waals surface area contributed by atoms with Crippen molar-refractivity contribution in [1.29, 1.82) is 0 Å². The minimum Gasteiger partial charge on any atom is -0.338 e. The number of amides is 2. The van der Waals surface area contributed by atoms with E-state index >= 15 is 0 Å². The molecule has 3 rings (SSSR count). The van der Waals surface area contributed by atoms with Crippen molar-refractivity contribution in [3.63, 3.8) is 0 Å². The summed E-state index contributed by atoms with van der Waals surface area (Å²) in [6, 6.07) is 10.6. The van der Waals surface area contributed by atoms with E-state index in [4.69, 9.17) is 0 Å². The molecule has 1 aliphatic heterocycles. The average Bonchev–Trinajstić information content (AvgIpc) is 3.18. The van der Waals surface area contributed by atoms with E-state index in [9.17, 15) is 4.79 Å². The second-order valence-corrected chi connectivity index (χ2v) is 7.19. The van der Waals surface area contributed by atoms with Crippen molar-refractivity contribution in [3.8, 4) is 0 Å². The maximum Gasteiger partial charge on any atom is 0.317 e. The van der Waals surface area contributed by atoms with Gasteiger partial charge in [-0.05, 0) is 31.2 Å². The fourth-order valence-electron chi connectivity index (χ4n) is 3.06. The maximum absolute atomic E-state index is 12.2. The number of nitrogens with zero attached hydrogens (tertiary/aromatic N) is 2. The van der Waals surface area contributed by atoms with Crippen molar-refractivity contribution in [2.24, 2.45) is 5.92 Å². The minimum absolute atomic E-state index is 0.0625. The Kier molecular flexibility index (Phi) is 5.28. The lowest BCUT2D eigenvalue weighted by Gasteiger charge is -2.17. The van der Waals surface area contributed by atoms with Crippen LogP contribution < -0.4 is 5.32 Å². The number of benzene rings is 1. The molecule has 0 bridgehead atoms. The van der Waals surface area contributed by atoms with Crippen molar-refractivity contribution in [2.45, 2.75) is 26.2 Å². The summed E-state index contributed by atoms with van der Waals surface area (Å²) in [6.07, 6.45) is 2.95. The minimum atomic E-state index is 0.0625. The van der Waals surface area contributed by atoms with Gasteiger partial charge in [-0.15, -0.1) is 11.3 Å². The molecule has 1 atom stereocenters. The second kappa shape index (κ2) is 7.59. The highest BCUT2D eigenvalue weighted by Crippen LogP contribution is 2.20. The van der Waals surface area contributed by atoms with Gasteiger partial charge >= 0.3 is 6.03 Å². The summed E-state index contributed by atoms with van der Waals surface area (Å²) in [5.41, 5.74) is 2.43. The first kappa shape index (κ1) is 16.0. The summed E-state index contributed by atoms with van der Waals surface area (Å²) < 4.78 is 0. The van der Waals surface area contributed by atoms with Gasteiger partial charge in [-0.1, -0.05) is 30.3 Å². The molecular weight excluding hydrogens is 306 g/mol. The molecule has 1 saturated heterocycles. The van der Waals surface area contributed by atoms with Gasteiger partial charge in [-0.2, -0.15) is 0 Å². The van der Waals surface area contributed by atoms with Crippen LogP contribution in [0, 0.1) is 12.8 Å². The summed E-state index contributed by atoms with van der Waals surface area (Å²) in [4.78, 5) is 18.6. The summed E-state index contributed by atoms with van der Waals surface area (Å²) in [5, 5.41) is 6.16. The van der Waals surface area contributed by atoms with Crippen molar-refractivity contribution < 1.29 is 4.79 Å². The Morgan fingerprint density at radius 2 is 2.22 bits per heavy atom. The van der Waals surface area contributed by atoms with Crippen LogP contribution in [0.15, 0.2) is 35.7 Å². The zero-order valence-corrected chi connectivity index (χ0v) is 14.3. The average molecular weight is 329 g/mol. The molecule has 5 heteroatoms. The van der Waals surface area contributed by atoms with Crippen molar-refractivity contribution in [3.05, 3.63) is 52.0 Å². The number of nitrogens with one attached hydrogen (secondary N) is 1. The first-order valence-corrected chi connectivity index (χ1v) is 9.06. The number of thiazole rings is 1.